The van der Waals surface area contributed by atoms with Crippen molar-refractivity contribution >= 4 is 5.97 Å². The topological polar surface area (TPSA) is 49.3 Å². The molecule has 0 aromatic carbocycles. The maximum absolute atomic E-state index is 10.5. The normalized spacial score (nSPS) is 19.3. The molecule has 1 aliphatic rings. The Labute approximate surface area is 59.7 Å². The lowest BCUT2D eigenvalue weighted by Gasteiger charge is -2.14. The zero-order chi connectivity index (χ0) is 7.56. The summed E-state index contributed by atoms with van der Waals surface area (Å²) in [6, 6.07) is 0. The van der Waals surface area contributed by atoms with E-state index in [0.29, 0.717) is 12.1 Å². The molecule has 3 heteroatoms. The molecule has 0 fully saturated rings. The summed E-state index contributed by atoms with van der Waals surface area (Å²) in [7, 11) is 0. The van der Waals surface area contributed by atoms with Gasteiger partial charge in [0.15, 0.2) is 0 Å². The molecule has 2 N–H and O–H groups in total. The average molecular weight is 141 g/mol. The predicted octanol–water partition coefficient (Wildman–Crippen LogP) is 0.381. The van der Waals surface area contributed by atoms with Crippen molar-refractivity contribution in [2.24, 2.45) is 0 Å². The Morgan fingerprint density at radius 3 is 2.80 bits per heavy atom. The van der Waals surface area contributed by atoms with Gasteiger partial charge < -0.3 is 10.4 Å². The molecule has 0 spiro atoms. The van der Waals surface area contributed by atoms with E-state index < -0.39 is 5.97 Å². The molecular weight excluding hydrogens is 130 g/mol. The number of carboxylic acid groups (broad SMARTS) is 1. The number of rotatable bonds is 1. The zero-order valence-electron chi connectivity index (χ0n) is 5.98. The Morgan fingerprint density at radius 1 is 1.70 bits per heavy atom. The first-order valence-corrected chi connectivity index (χ1v) is 3.34. The van der Waals surface area contributed by atoms with Crippen LogP contribution in [0.1, 0.15) is 13.3 Å². The van der Waals surface area contributed by atoms with Crippen molar-refractivity contribution in [3.05, 3.63) is 11.1 Å². The summed E-state index contributed by atoms with van der Waals surface area (Å²) in [5.41, 5.74) is 1.54. The Morgan fingerprint density at radius 2 is 2.40 bits per heavy atom. The molecule has 0 atom stereocenters. The lowest BCUT2D eigenvalue weighted by Crippen LogP contribution is -2.27. The van der Waals surface area contributed by atoms with Gasteiger partial charge in [-0.1, -0.05) is 5.57 Å². The van der Waals surface area contributed by atoms with Crippen LogP contribution in [0.15, 0.2) is 11.1 Å². The summed E-state index contributed by atoms with van der Waals surface area (Å²) in [6.45, 7) is 3.30. The van der Waals surface area contributed by atoms with E-state index >= 15 is 0 Å². The van der Waals surface area contributed by atoms with Gasteiger partial charge in [0.25, 0.3) is 0 Å². The van der Waals surface area contributed by atoms with Gasteiger partial charge in [0, 0.05) is 12.1 Å². The van der Waals surface area contributed by atoms with Gasteiger partial charge in [-0.05, 0) is 19.9 Å². The van der Waals surface area contributed by atoms with Gasteiger partial charge in [0.05, 0.1) is 0 Å². The van der Waals surface area contributed by atoms with Crippen LogP contribution in [0.5, 0.6) is 0 Å². The highest BCUT2D eigenvalue weighted by molar-refractivity contribution is 5.88. The lowest BCUT2D eigenvalue weighted by molar-refractivity contribution is -0.132. The van der Waals surface area contributed by atoms with Crippen molar-refractivity contribution < 1.29 is 9.90 Å². The summed E-state index contributed by atoms with van der Waals surface area (Å²) in [5.74, 6) is -0.787. The van der Waals surface area contributed by atoms with E-state index in [1.165, 1.54) is 0 Å². The smallest absolute Gasteiger partial charge is 0.332 e. The third-order valence-electron chi connectivity index (χ3n) is 1.75. The molecule has 1 rings (SSSR count). The highest BCUT2D eigenvalue weighted by Crippen LogP contribution is 2.10. The SMILES string of the molecule is CC1=C(C(=O)O)CNCC1. The second kappa shape index (κ2) is 2.84. The van der Waals surface area contributed by atoms with Gasteiger partial charge in [-0.15, -0.1) is 0 Å². The van der Waals surface area contributed by atoms with Crippen molar-refractivity contribution in [3.8, 4) is 0 Å². The third kappa shape index (κ3) is 1.36. The monoisotopic (exact) mass is 141 g/mol. The van der Waals surface area contributed by atoms with Crippen molar-refractivity contribution in [1.82, 2.24) is 5.32 Å². The van der Waals surface area contributed by atoms with Crippen molar-refractivity contribution in [1.29, 1.82) is 0 Å². The summed E-state index contributed by atoms with van der Waals surface area (Å²) < 4.78 is 0. The van der Waals surface area contributed by atoms with E-state index in [0.717, 1.165) is 18.5 Å². The van der Waals surface area contributed by atoms with Crippen LogP contribution in [0, 0.1) is 0 Å². The van der Waals surface area contributed by atoms with Gasteiger partial charge in [0.2, 0.25) is 0 Å². The van der Waals surface area contributed by atoms with Gasteiger partial charge in [0.1, 0.15) is 0 Å². The highest BCUT2D eigenvalue weighted by atomic mass is 16.4. The second-order valence-corrected chi connectivity index (χ2v) is 2.49. The summed E-state index contributed by atoms with van der Waals surface area (Å²) in [5, 5.41) is 11.6. The molecular formula is C7H11NO2. The molecule has 0 bridgehead atoms. The van der Waals surface area contributed by atoms with E-state index in [1.54, 1.807) is 0 Å². The minimum absolute atomic E-state index is 0.515. The number of hydrogen-bond donors (Lipinski definition) is 2. The fourth-order valence-corrected chi connectivity index (χ4v) is 1.05. The minimum atomic E-state index is -0.787. The first-order valence-electron chi connectivity index (χ1n) is 3.34. The van der Waals surface area contributed by atoms with Crippen LogP contribution in [0.2, 0.25) is 0 Å². The largest absolute Gasteiger partial charge is 0.478 e. The lowest BCUT2D eigenvalue weighted by atomic mass is 10.0. The second-order valence-electron chi connectivity index (χ2n) is 2.49. The van der Waals surface area contributed by atoms with E-state index in [9.17, 15) is 4.79 Å². The average Bonchev–Trinajstić information content (AvgIpc) is 1.88. The van der Waals surface area contributed by atoms with Gasteiger partial charge in [-0.3, -0.25) is 0 Å². The van der Waals surface area contributed by atoms with Gasteiger partial charge in [-0.2, -0.15) is 0 Å². The van der Waals surface area contributed by atoms with Crippen LogP contribution in [-0.4, -0.2) is 24.2 Å². The van der Waals surface area contributed by atoms with Gasteiger partial charge >= 0.3 is 5.97 Å². The zero-order valence-corrected chi connectivity index (χ0v) is 5.98. The first-order chi connectivity index (χ1) is 4.72. The molecule has 1 heterocycles. The molecule has 3 nitrogen and oxygen atoms in total. The van der Waals surface area contributed by atoms with E-state index in [4.69, 9.17) is 5.11 Å². The number of carboxylic acids is 1. The van der Waals surface area contributed by atoms with E-state index in [-0.39, 0.29) is 0 Å². The number of carbonyl (C=O) groups is 1. The molecule has 0 unspecified atom stereocenters. The maximum Gasteiger partial charge on any atom is 0.332 e. The summed E-state index contributed by atoms with van der Waals surface area (Å²) in [4.78, 5) is 10.5. The number of aliphatic carboxylic acids is 1. The molecule has 0 aromatic rings. The molecule has 0 saturated heterocycles. The quantitative estimate of drug-likeness (QED) is 0.555. The van der Waals surface area contributed by atoms with Gasteiger partial charge in [-0.25, -0.2) is 4.79 Å². The molecule has 0 amide bonds. The number of nitrogens with one attached hydrogen (secondary N) is 1. The summed E-state index contributed by atoms with van der Waals surface area (Å²) >= 11 is 0. The van der Waals surface area contributed by atoms with Crippen LogP contribution < -0.4 is 5.32 Å². The Hall–Kier alpha value is -0.830. The molecule has 56 valence electrons. The Balaban J connectivity index is 2.78. The molecule has 10 heavy (non-hydrogen) atoms. The highest BCUT2D eigenvalue weighted by Gasteiger charge is 2.13. The molecule has 0 saturated carbocycles. The fraction of sp³-hybridized carbons (Fsp3) is 0.571. The van der Waals surface area contributed by atoms with Crippen LogP contribution in [-0.2, 0) is 4.79 Å². The Kier molecular flexibility index (Phi) is 2.06. The van der Waals surface area contributed by atoms with Crippen LogP contribution in [0.25, 0.3) is 0 Å². The fourth-order valence-electron chi connectivity index (χ4n) is 1.05. The Bertz CT molecular complexity index is 184. The van der Waals surface area contributed by atoms with E-state index in [2.05, 4.69) is 5.32 Å². The van der Waals surface area contributed by atoms with Crippen LogP contribution >= 0.6 is 0 Å². The molecule has 0 aromatic heterocycles. The van der Waals surface area contributed by atoms with Crippen molar-refractivity contribution in [2.75, 3.05) is 13.1 Å². The molecule has 0 radical (unpaired) electrons. The number of hydrogen-bond acceptors (Lipinski definition) is 2. The standard InChI is InChI=1S/C7H11NO2/c1-5-2-3-8-4-6(5)7(9)10/h8H,2-4H2,1H3,(H,9,10). The van der Waals surface area contributed by atoms with Crippen LogP contribution in [0.3, 0.4) is 0 Å². The molecule has 0 aliphatic carbocycles. The first kappa shape index (κ1) is 7.28. The van der Waals surface area contributed by atoms with Crippen LogP contribution in [0.4, 0.5) is 0 Å². The van der Waals surface area contributed by atoms with Crippen molar-refractivity contribution in [2.45, 2.75) is 13.3 Å². The predicted molar refractivity (Wildman–Crippen MR) is 37.8 cm³/mol. The minimum Gasteiger partial charge on any atom is -0.478 e. The summed E-state index contributed by atoms with van der Waals surface area (Å²) in [6.07, 6.45) is 0.863. The van der Waals surface area contributed by atoms with Crippen molar-refractivity contribution in [3.63, 3.8) is 0 Å². The van der Waals surface area contributed by atoms with E-state index in [1.807, 2.05) is 6.92 Å². The molecule has 1 aliphatic heterocycles. The maximum atomic E-state index is 10.5. The third-order valence-corrected chi connectivity index (χ3v) is 1.75.